The zero-order chi connectivity index (χ0) is 48.6. The lowest BCUT2D eigenvalue weighted by Gasteiger charge is -2.23. The van der Waals surface area contributed by atoms with E-state index < -0.39 is 0 Å². The summed E-state index contributed by atoms with van der Waals surface area (Å²) in [5, 5.41) is 0. The minimum atomic E-state index is -0.00246. The molecule has 4 rings (SSSR count). The van der Waals surface area contributed by atoms with Gasteiger partial charge in [0.15, 0.2) is 0 Å². The van der Waals surface area contributed by atoms with Gasteiger partial charge in [0.05, 0.1) is 22.5 Å². The van der Waals surface area contributed by atoms with Crippen molar-refractivity contribution in [2.45, 2.75) is 272 Å². The molecule has 6 heteroatoms. The fourth-order valence-corrected chi connectivity index (χ4v) is 12.0. The van der Waals surface area contributed by atoms with Gasteiger partial charge in [0.1, 0.15) is 0 Å². The molecule has 384 valence electrons. The molecule has 2 aromatic carbocycles. The number of hydrogen-bond donors (Lipinski definition) is 0. The first kappa shape index (κ1) is 58.6. The monoisotopic (exact) mass is 1060 g/mol. The van der Waals surface area contributed by atoms with E-state index in [4.69, 9.17) is 0 Å². The molecule has 0 unspecified atom stereocenters. The first-order valence-electron chi connectivity index (χ1n) is 29.3. The largest absolute Gasteiger partial charge is 0.308 e. The summed E-state index contributed by atoms with van der Waals surface area (Å²) in [5.74, 6) is 1.22. The highest BCUT2D eigenvalue weighted by molar-refractivity contribution is 9.10. The van der Waals surface area contributed by atoms with Crippen LogP contribution in [0.25, 0.3) is 11.1 Å². The summed E-state index contributed by atoms with van der Waals surface area (Å²) in [4.78, 5) is 34.2. The van der Waals surface area contributed by atoms with Gasteiger partial charge in [-0.25, -0.2) is 0 Å². The zero-order valence-corrected chi connectivity index (χ0v) is 47.5. The third-order valence-corrected chi connectivity index (χ3v) is 16.6. The van der Waals surface area contributed by atoms with E-state index in [0.29, 0.717) is 36.1 Å². The van der Waals surface area contributed by atoms with Crippen LogP contribution in [0.15, 0.2) is 45.3 Å². The van der Waals surface area contributed by atoms with Crippen molar-refractivity contribution in [2.24, 2.45) is 11.8 Å². The number of benzene rings is 2. The van der Waals surface area contributed by atoms with Gasteiger partial charge >= 0.3 is 0 Å². The molecule has 2 amide bonds. The molecule has 0 aliphatic carbocycles. The van der Waals surface area contributed by atoms with Gasteiger partial charge in [0.2, 0.25) is 0 Å². The average Bonchev–Trinajstić information content (AvgIpc) is 3.75. The summed E-state index contributed by atoms with van der Waals surface area (Å²) < 4.78 is 1.94. The van der Waals surface area contributed by atoms with Crippen molar-refractivity contribution in [2.75, 3.05) is 22.9 Å². The van der Waals surface area contributed by atoms with Gasteiger partial charge in [-0.2, -0.15) is 0 Å². The van der Waals surface area contributed by atoms with Crippen LogP contribution in [0.2, 0.25) is 0 Å². The van der Waals surface area contributed by atoms with E-state index in [9.17, 15) is 0 Å². The maximum atomic E-state index is 15.0. The van der Waals surface area contributed by atoms with Crippen LogP contribution in [-0.2, 0) is 9.59 Å². The van der Waals surface area contributed by atoms with Gasteiger partial charge in [-0.1, -0.05) is 303 Å². The second-order valence-corrected chi connectivity index (χ2v) is 23.2. The van der Waals surface area contributed by atoms with E-state index in [2.05, 4.69) is 83.8 Å². The van der Waals surface area contributed by atoms with E-state index >= 15 is 9.59 Å². The number of amides is 2. The van der Waals surface area contributed by atoms with Crippen molar-refractivity contribution in [1.82, 2.24) is 0 Å². The Morgan fingerprint density at radius 3 is 0.868 bits per heavy atom. The Kier molecular flexibility index (Phi) is 31.1. The lowest BCUT2D eigenvalue weighted by Crippen LogP contribution is -2.31. The molecule has 0 spiro atoms. The van der Waals surface area contributed by atoms with Crippen LogP contribution in [-0.4, -0.2) is 24.9 Å². The zero-order valence-electron chi connectivity index (χ0n) is 44.4. The minimum absolute atomic E-state index is 0.00246. The van der Waals surface area contributed by atoms with Gasteiger partial charge < -0.3 is 9.80 Å². The van der Waals surface area contributed by atoms with Crippen molar-refractivity contribution in [3.05, 3.63) is 56.5 Å². The lowest BCUT2D eigenvalue weighted by molar-refractivity contribution is -0.114. The van der Waals surface area contributed by atoms with Crippen LogP contribution in [0.4, 0.5) is 11.4 Å². The molecule has 2 aromatic rings. The molecule has 0 aromatic heterocycles. The normalized spacial score (nSPS) is 14.7. The second-order valence-electron chi connectivity index (χ2n) is 21.4. The van der Waals surface area contributed by atoms with Gasteiger partial charge in [0.25, 0.3) is 11.8 Å². The van der Waals surface area contributed by atoms with E-state index in [0.717, 1.165) is 44.3 Å². The molecule has 0 radical (unpaired) electrons. The van der Waals surface area contributed by atoms with E-state index in [1.165, 1.54) is 231 Å². The Hall–Kier alpha value is -1.92. The topological polar surface area (TPSA) is 40.6 Å². The highest BCUT2D eigenvalue weighted by Gasteiger charge is 2.42. The number of anilines is 2. The quantitative estimate of drug-likeness (QED) is 0.0491. The summed E-state index contributed by atoms with van der Waals surface area (Å²) in [6.07, 6.45) is 50.0. The average molecular weight is 1070 g/mol. The number of halogens is 2. The Balaban J connectivity index is 1.48. The summed E-state index contributed by atoms with van der Waals surface area (Å²) >= 11 is 7.53. The van der Waals surface area contributed by atoms with E-state index in [-0.39, 0.29) is 11.8 Å². The van der Waals surface area contributed by atoms with Gasteiger partial charge in [-0.05, 0) is 48.9 Å². The number of carbonyl (C=O) groups is 2. The van der Waals surface area contributed by atoms with Crippen LogP contribution in [0.5, 0.6) is 0 Å². The third-order valence-electron chi connectivity index (χ3n) is 15.6. The number of carbonyl (C=O) groups excluding carboxylic acids is 2. The van der Waals surface area contributed by atoms with Crippen LogP contribution in [0, 0.1) is 11.8 Å². The summed E-state index contributed by atoms with van der Waals surface area (Å²) in [6, 6.07) is 12.5. The Morgan fingerprint density at radius 1 is 0.353 bits per heavy atom. The molecule has 4 nitrogen and oxygen atoms in total. The maximum Gasteiger partial charge on any atom is 0.259 e. The van der Waals surface area contributed by atoms with Crippen LogP contribution in [0.3, 0.4) is 0 Å². The number of rotatable bonds is 42. The fourth-order valence-electron chi connectivity index (χ4n) is 11.3. The lowest BCUT2D eigenvalue weighted by atomic mass is 9.91. The predicted octanol–water partition coefficient (Wildman–Crippen LogP) is 21.0. The fraction of sp³-hybridized carbons (Fsp3) is 0.742. The molecule has 2 aliphatic rings. The highest BCUT2D eigenvalue weighted by Crippen LogP contribution is 2.48. The third kappa shape index (κ3) is 21.0. The van der Waals surface area contributed by atoms with Crippen molar-refractivity contribution in [3.63, 3.8) is 0 Å². The van der Waals surface area contributed by atoms with Crippen molar-refractivity contribution in [3.8, 4) is 0 Å². The van der Waals surface area contributed by atoms with Crippen molar-refractivity contribution >= 4 is 66.2 Å². The number of unbranched alkanes of at least 4 members (excludes halogenated alkanes) is 28. The van der Waals surface area contributed by atoms with Crippen LogP contribution in [0.1, 0.15) is 283 Å². The molecular weight excluding hydrogens is 965 g/mol. The van der Waals surface area contributed by atoms with Crippen molar-refractivity contribution in [1.29, 1.82) is 0 Å². The number of nitrogens with zero attached hydrogens (tertiary/aromatic N) is 2. The summed E-state index contributed by atoms with van der Waals surface area (Å²) in [6.45, 7) is 10.6. The molecule has 2 aliphatic heterocycles. The van der Waals surface area contributed by atoms with E-state index in [1.807, 2.05) is 21.9 Å². The smallest absolute Gasteiger partial charge is 0.259 e. The maximum absolute atomic E-state index is 15.0. The molecule has 0 N–H and O–H groups in total. The minimum Gasteiger partial charge on any atom is -0.308 e. The molecular formula is C62H100Br2N2O2. The molecule has 0 atom stereocenters. The molecule has 68 heavy (non-hydrogen) atoms. The molecule has 0 saturated carbocycles. The van der Waals surface area contributed by atoms with Crippen LogP contribution < -0.4 is 9.80 Å². The first-order valence-corrected chi connectivity index (χ1v) is 30.9. The second kappa shape index (κ2) is 36.1. The first-order chi connectivity index (χ1) is 33.3. The Labute approximate surface area is 436 Å². The standard InChI is InChI=1S/C62H100Br2N2O2/c1-5-9-13-17-21-25-29-33-37-51(38-34-30-26-22-18-14-10-6-2)45-47-65-57-49-53(63)41-43-55(57)59(61(65)67)60-56-44-42-54(64)50-58(56)66(62(60)68)48-46-52(39-35-31-27-23-19-15-11-7-3)40-36-32-28-24-20-16-12-8-4/h41-44,49-52H,5-40,45-48H2,1-4H3/b60-59-. The van der Waals surface area contributed by atoms with Gasteiger partial charge in [0, 0.05) is 33.2 Å². The summed E-state index contributed by atoms with van der Waals surface area (Å²) in [5.41, 5.74) is 4.90. The number of fused-ring (bicyclic) bond motifs is 2. The SMILES string of the molecule is CCCCCCCCCCC(CCCCCCCCCC)CCN1C(=O)/C(=C2\C(=O)N(CCC(CCCCCCCCCC)CCCCCCCCCC)c3cc(Br)ccc32)c2ccc(Br)cc21. The highest BCUT2D eigenvalue weighted by atomic mass is 79.9. The van der Waals surface area contributed by atoms with Crippen LogP contribution >= 0.6 is 31.9 Å². The summed E-state index contributed by atoms with van der Waals surface area (Å²) in [7, 11) is 0. The van der Waals surface area contributed by atoms with E-state index in [1.54, 1.807) is 0 Å². The Morgan fingerprint density at radius 2 is 0.603 bits per heavy atom. The Bertz CT molecular complexity index is 1560. The molecule has 0 fully saturated rings. The molecule has 0 bridgehead atoms. The predicted molar refractivity (Wildman–Crippen MR) is 305 cm³/mol. The van der Waals surface area contributed by atoms with Gasteiger partial charge in [-0.3, -0.25) is 9.59 Å². The van der Waals surface area contributed by atoms with Crippen molar-refractivity contribution < 1.29 is 9.59 Å². The number of hydrogen-bond acceptors (Lipinski definition) is 2. The van der Waals surface area contributed by atoms with Gasteiger partial charge in [-0.15, -0.1) is 0 Å². The molecule has 0 saturated heterocycles. The molecule has 2 heterocycles.